The number of amidine groups is 1. The molecule has 61 heavy (non-hydrogen) atoms. The normalized spacial score (nSPS) is 13.2. The molecule has 0 bridgehead atoms. The number of carboxylic acid groups (broad SMARTS) is 3. The number of nitrogens with two attached hydrogens (primary N) is 1. The molecule has 334 valence electrons. The van der Waals surface area contributed by atoms with Crippen molar-refractivity contribution in [3.8, 4) is 22.8 Å². The van der Waals surface area contributed by atoms with E-state index in [9.17, 15) is 39.5 Å². The van der Waals surface area contributed by atoms with Gasteiger partial charge in [-0.25, -0.2) is 23.8 Å². The van der Waals surface area contributed by atoms with E-state index < -0.39 is 42.3 Å². The summed E-state index contributed by atoms with van der Waals surface area (Å²) in [4.78, 5) is 38.8. The Morgan fingerprint density at radius 1 is 0.869 bits per heavy atom. The summed E-state index contributed by atoms with van der Waals surface area (Å²) in [6.45, 7) is 4.39. The molecule has 1 aliphatic rings. The minimum absolute atomic E-state index is 0.0324. The fourth-order valence-corrected chi connectivity index (χ4v) is 4.86. The van der Waals surface area contributed by atoms with E-state index in [2.05, 4.69) is 16.9 Å². The monoisotopic (exact) mass is 884 g/mol. The van der Waals surface area contributed by atoms with Gasteiger partial charge in [-0.2, -0.15) is 39.5 Å². The van der Waals surface area contributed by atoms with Crippen molar-refractivity contribution >= 4 is 35.1 Å². The lowest BCUT2D eigenvalue weighted by atomic mass is 10.1. The number of aromatic amines is 1. The SMILES string of the molecule is CCOc1cc(OC2CCN(C)CC2)c(F)c(N(Cc2nc(-c3ccccc3)c[nH]2)c2ccc(C(=N)N)cc2)c1.O=C(O)C(F)(F)F.O=C(O)C(F)(F)F.O=C(O)C(F)(F)F. The average Bonchev–Trinajstić information content (AvgIpc) is 3.65. The van der Waals surface area contributed by atoms with Crippen molar-refractivity contribution in [3.05, 3.63) is 90.1 Å². The van der Waals surface area contributed by atoms with E-state index in [0.717, 1.165) is 37.2 Å². The lowest BCUT2D eigenvalue weighted by Crippen LogP contribution is -2.35. The van der Waals surface area contributed by atoms with E-state index in [1.165, 1.54) is 0 Å². The number of anilines is 2. The number of likely N-dealkylation sites (tertiary alicyclic amines) is 1. The van der Waals surface area contributed by atoms with Gasteiger partial charge in [-0.3, -0.25) is 5.41 Å². The van der Waals surface area contributed by atoms with E-state index >= 15 is 4.39 Å². The molecule has 4 aromatic rings. The summed E-state index contributed by atoms with van der Waals surface area (Å²) in [5.41, 5.74) is 9.08. The molecule has 5 rings (SSSR count). The van der Waals surface area contributed by atoms with Crippen molar-refractivity contribution in [2.24, 2.45) is 5.73 Å². The molecule has 1 aliphatic heterocycles. The van der Waals surface area contributed by atoms with Gasteiger partial charge in [0.25, 0.3) is 0 Å². The molecule has 0 unspecified atom stereocenters. The highest BCUT2D eigenvalue weighted by Gasteiger charge is 2.39. The van der Waals surface area contributed by atoms with Gasteiger partial charge in [0.1, 0.15) is 23.5 Å². The Labute approximate surface area is 339 Å². The van der Waals surface area contributed by atoms with Crippen molar-refractivity contribution in [3.63, 3.8) is 0 Å². The van der Waals surface area contributed by atoms with Crippen LogP contribution in [0.3, 0.4) is 0 Å². The van der Waals surface area contributed by atoms with Crippen molar-refractivity contribution in [2.45, 2.75) is 50.9 Å². The lowest BCUT2D eigenvalue weighted by molar-refractivity contribution is -0.193. The largest absolute Gasteiger partial charge is 0.494 e. The fourth-order valence-electron chi connectivity index (χ4n) is 4.86. The predicted molar refractivity (Wildman–Crippen MR) is 197 cm³/mol. The Kier molecular flexibility index (Phi) is 18.3. The zero-order valence-electron chi connectivity index (χ0n) is 31.8. The maximum absolute atomic E-state index is 16.3. The van der Waals surface area contributed by atoms with Gasteiger partial charge in [0.05, 0.1) is 24.5 Å². The summed E-state index contributed by atoms with van der Waals surface area (Å²) in [7, 11) is 2.08. The number of carbonyl (C=O) groups is 3. The Morgan fingerprint density at radius 2 is 1.36 bits per heavy atom. The number of piperidine rings is 1. The molecule has 0 saturated carbocycles. The number of hydrogen-bond acceptors (Lipinski definition) is 9. The summed E-state index contributed by atoms with van der Waals surface area (Å²) in [6, 6.07) is 20.4. The zero-order chi connectivity index (χ0) is 46.3. The van der Waals surface area contributed by atoms with Crippen LogP contribution < -0.4 is 20.1 Å². The summed E-state index contributed by atoms with van der Waals surface area (Å²) in [6.07, 6.45) is -11.8. The first-order valence-corrected chi connectivity index (χ1v) is 17.3. The van der Waals surface area contributed by atoms with Crippen LogP contribution in [-0.4, -0.2) is 105 Å². The van der Waals surface area contributed by atoms with Crippen molar-refractivity contribution in [1.29, 1.82) is 5.41 Å². The summed E-state index contributed by atoms with van der Waals surface area (Å²) in [5.74, 6) is -7.41. The molecule has 2 heterocycles. The first-order chi connectivity index (χ1) is 28.2. The molecule has 0 aliphatic carbocycles. The van der Waals surface area contributed by atoms with Crippen molar-refractivity contribution in [2.75, 3.05) is 31.6 Å². The van der Waals surface area contributed by atoms with Crippen LogP contribution in [0.4, 0.5) is 55.3 Å². The van der Waals surface area contributed by atoms with Crippen molar-refractivity contribution < 1.29 is 83.1 Å². The molecular weight excluding hydrogens is 846 g/mol. The standard InChI is InChI=1S/C31H35FN6O2.3C2HF3O2/c1-3-39-25-17-27(30(32)28(18-25)40-24-13-15-37(2)16-14-24)38(23-11-9-22(10-12-23)31(33)34)20-29-35-19-26(36-29)21-7-5-4-6-8-21;3*3-2(4,5)1(6)7/h4-12,17-19,24H,3,13-16,20H2,1-2H3,(H3,33,34)(H,35,36);3*(H,6,7). The molecule has 0 atom stereocenters. The maximum atomic E-state index is 16.3. The minimum atomic E-state index is -5.08. The number of rotatable bonds is 10. The van der Waals surface area contributed by atoms with Crippen molar-refractivity contribution in [1.82, 2.24) is 14.9 Å². The second-order valence-electron chi connectivity index (χ2n) is 12.4. The van der Waals surface area contributed by atoms with E-state index in [1.54, 1.807) is 24.3 Å². The molecule has 1 saturated heterocycles. The molecule has 1 fully saturated rings. The highest BCUT2D eigenvalue weighted by atomic mass is 19.4. The van der Waals surface area contributed by atoms with Gasteiger partial charge in [-0.1, -0.05) is 30.3 Å². The van der Waals surface area contributed by atoms with Gasteiger partial charge in [-0.15, -0.1) is 0 Å². The fraction of sp³-hybridized carbons (Fsp3) is 0.324. The van der Waals surface area contributed by atoms with Crippen LogP contribution in [0.1, 0.15) is 31.2 Å². The number of nitrogen functional groups attached to an aromatic ring is 1. The molecule has 0 radical (unpaired) electrons. The van der Waals surface area contributed by atoms with E-state index in [0.29, 0.717) is 35.1 Å². The highest BCUT2D eigenvalue weighted by molar-refractivity contribution is 5.95. The number of nitrogens with one attached hydrogen (secondary N) is 2. The zero-order valence-corrected chi connectivity index (χ0v) is 31.8. The van der Waals surface area contributed by atoms with Crippen LogP contribution in [0.2, 0.25) is 0 Å². The Balaban J connectivity index is 0.000000502. The number of nitrogens with zero attached hydrogens (tertiary/aromatic N) is 3. The van der Waals surface area contributed by atoms with Gasteiger partial charge in [0, 0.05) is 48.2 Å². The van der Waals surface area contributed by atoms with E-state index in [-0.39, 0.29) is 24.2 Å². The number of hydrogen-bond donors (Lipinski definition) is 6. The quantitative estimate of drug-likeness (QED) is 0.0516. The molecule has 3 aromatic carbocycles. The summed E-state index contributed by atoms with van der Waals surface area (Å²) in [5, 5.41) is 29.1. The van der Waals surface area contributed by atoms with Gasteiger partial charge in [0.2, 0.25) is 0 Å². The Hall–Kier alpha value is -6.59. The number of carboxylic acids is 3. The number of H-pyrrole nitrogens is 1. The average molecular weight is 885 g/mol. The van der Waals surface area contributed by atoms with Crippen LogP contribution in [0.25, 0.3) is 11.3 Å². The minimum Gasteiger partial charge on any atom is -0.494 e. The number of imidazole rings is 1. The van der Waals surface area contributed by atoms with Crippen LogP contribution in [0.5, 0.6) is 11.5 Å². The Morgan fingerprint density at radius 3 is 1.80 bits per heavy atom. The van der Waals surface area contributed by atoms with Gasteiger partial charge < -0.3 is 45.3 Å². The van der Waals surface area contributed by atoms with Crippen LogP contribution in [0, 0.1) is 11.2 Å². The first-order valence-electron chi connectivity index (χ1n) is 17.3. The number of aromatic nitrogens is 2. The topological polar surface area (TPSA) is 215 Å². The number of aliphatic carboxylic acids is 3. The smallest absolute Gasteiger partial charge is 0.490 e. The molecule has 0 amide bonds. The second kappa shape index (κ2) is 22.1. The molecule has 24 heteroatoms. The van der Waals surface area contributed by atoms with Gasteiger partial charge >= 0.3 is 36.4 Å². The molecule has 1 aromatic heterocycles. The third kappa shape index (κ3) is 16.9. The van der Waals surface area contributed by atoms with Crippen LogP contribution in [0.15, 0.2) is 72.9 Å². The predicted octanol–water partition coefficient (Wildman–Crippen LogP) is 7.61. The van der Waals surface area contributed by atoms with E-state index in [4.69, 9.17) is 55.3 Å². The van der Waals surface area contributed by atoms with Gasteiger partial charge in [0.15, 0.2) is 11.6 Å². The summed E-state index contributed by atoms with van der Waals surface area (Å²) < 4.78 is 124. The molecular formula is C37H38F10N6O8. The number of ether oxygens (including phenoxy) is 2. The molecule has 0 spiro atoms. The maximum Gasteiger partial charge on any atom is 0.490 e. The molecule has 7 N–H and O–H groups in total. The van der Waals surface area contributed by atoms with Crippen LogP contribution in [-0.2, 0) is 20.9 Å². The van der Waals surface area contributed by atoms with Crippen LogP contribution >= 0.6 is 0 Å². The molecule has 14 nitrogen and oxygen atoms in total. The third-order valence-electron chi connectivity index (χ3n) is 7.78. The second-order valence-corrected chi connectivity index (χ2v) is 12.4. The lowest BCUT2D eigenvalue weighted by Gasteiger charge is -2.30. The number of halogens is 10. The van der Waals surface area contributed by atoms with Gasteiger partial charge in [-0.05, 0) is 51.1 Å². The number of alkyl halides is 9. The third-order valence-corrected chi connectivity index (χ3v) is 7.78. The first kappa shape index (κ1) is 50.6. The Bertz CT molecular complexity index is 2000. The van der Waals surface area contributed by atoms with E-state index in [1.807, 2.05) is 60.5 Å². The summed E-state index contributed by atoms with van der Waals surface area (Å²) >= 11 is 0. The number of benzene rings is 3. The highest BCUT2D eigenvalue weighted by Crippen LogP contribution is 2.39.